The molecule has 2 heterocycles. The second kappa shape index (κ2) is 3.19. The Morgan fingerprint density at radius 1 is 1.18 bits per heavy atom. The summed E-state index contributed by atoms with van der Waals surface area (Å²) in [4.78, 5) is 4.16. The van der Waals surface area contributed by atoms with Gasteiger partial charge in [0.05, 0.1) is 32.6 Å². The van der Waals surface area contributed by atoms with Gasteiger partial charge in [0.2, 0.25) is 0 Å². The summed E-state index contributed by atoms with van der Waals surface area (Å²) in [5.74, 6) is 0. The molecule has 62 valence electrons. The first kappa shape index (κ1) is 7.06. The second-order valence-corrected chi connectivity index (χ2v) is 2.75. The van der Waals surface area contributed by atoms with Crippen molar-refractivity contribution in [1.29, 1.82) is 0 Å². The molecule has 0 atom stereocenters. The first-order valence-electron chi connectivity index (χ1n) is 4.06. The topological polar surface area (TPSA) is 28.1 Å². The van der Waals surface area contributed by atoms with Gasteiger partial charge in [0.1, 0.15) is 0 Å². The third-order valence-corrected chi connectivity index (χ3v) is 2.02. The Hall–Kier alpha value is -0.610. The first-order valence-corrected chi connectivity index (χ1v) is 4.06. The summed E-state index contributed by atoms with van der Waals surface area (Å²) >= 11 is 0. The van der Waals surface area contributed by atoms with E-state index in [2.05, 4.69) is 15.0 Å². The lowest BCUT2D eigenvalue weighted by atomic mass is 10.5. The summed E-state index contributed by atoms with van der Waals surface area (Å²) in [6.45, 7) is 5.70. The zero-order chi connectivity index (χ0) is 7.52. The van der Waals surface area contributed by atoms with Crippen molar-refractivity contribution in [2.75, 3.05) is 39.4 Å². The molecule has 0 amide bonds. The number of aliphatic imine (C=N–C) groups is 1. The molecule has 11 heavy (non-hydrogen) atoms. The van der Waals surface area contributed by atoms with Crippen molar-refractivity contribution < 1.29 is 4.74 Å². The number of hydrazine groups is 1. The van der Waals surface area contributed by atoms with Gasteiger partial charge in [0, 0.05) is 13.1 Å². The minimum Gasteiger partial charge on any atom is -0.379 e. The molecule has 2 aliphatic heterocycles. The van der Waals surface area contributed by atoms with Crippen LogP contribution < -0.4 is 0 Å². The second-order valence-electron chi connectivity index (χ2n) is 2.75. The molecule has 0 aliphatic carbocycles. The minimum absolute atomic E-state index is 0.852. The van der Waals surface area contributed by atoms with Gasteiger partial charge in [0.15, 0.2) is 0 Å². The van der Waals surface area contributed by atoms with Crippen LogP contribution in [0.1, 0.15) is 0 Å². The van der Waals surface area contributed by atoms with E-state index in [9.17, 15) is 0 Å². The summed E-state index contributed by atoms with van der Waals surface area (Å²) in [5, 5.41) is 4.47. The summed E-state index contributed by atoms with van der Waals surface area (Å²) in [5.41, 5.74) is 0. The lowest BCUT2D eigenvalue weighted by Crippen LogP contribution is -2.47. The summed E-state index contributed by atoms with van der Waals surface area (Å²) < 4.78 is 5.25. The molecule has 0 radical (unpaired) electrons. The van der Waals surface area contributed by atoms with Crippen molar-refractivity contribution in [3.63, 3.8) is 0 Å². The molecule has 4 nitrogen and oxygen atoms in total. The van der Waals surface area contributed by atoms with Crippen LogP contribution in [0.5, 0.6) is 0 Å². The summed E-state index contributed by atoms with van der Waals surface area (Å²) in [6.07, 6.45) is 1.92. The number of rotatable bonds is 1. The lowest BCUT2D eigenvalue weighted by Gasteiger charge is -2.33. The highest BCUT2D eigenvalue weighted by Crippen LogP contribution is 2.03. The van der Waals surface area contributed by atoms with Crippen LogP contribution in [0.4, 0.5) is 0 Å². The average molecular weight is 155 g/mol. The Morgan fingerprint density at radius 3 is 2.64 bits per heavy atom. The highest BCUT2D eigenvalue weighted by atomic mass is 16.5. The van der Waals surface area contributed by atoms with Crippen molar-refractivity contribution in [2.45, 2.75) is 0 Å². The van der Waals surface area contributed by atoms with Crippen LogP contribution in [0.2, 0.25) is 0 Å². The van der Waals surface area contributed by atoms with E-state index in [1.54, 1.807) is 0 Å². The Balaban J connectivity index is 1.87. The SMILES string of the molecule is C1=NCCN1N1CCOCC1. The van der Waals surface area contributed by atoms with Gasteiger partial charge >= 0.3 is 0 Å². The van der Waals surface area contributed by atoms with E-state index < -0.39 is 0 Å². The average Bonchev–Trinajstić information content (AvgIpc) is 2.58. The Morgan fingerprint density at radius 2 is 2.00 bits per heavy atom. The molecule has 0 aromatic carbocycles. The molecular formula is C7H13N3O. The van der Waals surface area contributed by atoms with Crippen molar-refractivity contribution in [1.82, 2.24) is 10.0 Å². The maximum atomic E-state index is 5.25. The summed E-state index contributed by atoms with van der Waals surface area (Å²) in [7, 11) is 0. The molecular weight excluding hydrogens is 142 g/mol. The third-order valence-electron chi connectivity index (χ3n) is 2.02. The van der Waals surface area contributed by atoms with Gasteiger partial charge in [-0.1, -0.05) is 0 Å². The number of hydrogen-bond donors (Lipinski definition) is 0. The molecule has 0 N–H and O–H groups in total. The van der Waals surface area contributed by atoms with Crippen LogP contribution in [0, 0.1) is 0 Å². The van der Waals surface area contributed by atoms with Crippen molar-refractivity contribution in [3.05, 3.63) is 0 Å². The number of ether oxygens (including phenoxy) is 1. The van der Waals surface area contributed by atoms with E-state index in [0.29, 0.717) is 0 Å². The molecule has 4 heteroatoms. The monoisotopic (exact) mass is 155 g/mol. The van der Waals surface area contributed by atoms with E-state index in [-0.39, 0.29) is 0 Å². The van der Waals surface area contributed by atoms with Gasteiger partial charge in [-0.25, -0.2) is 5.01 Å². The molecule has 1 fully saturated rings. The standard InChI is InChI=1S/C7H13N3O/c1-2-10(7-8-1)9-3-5-11-6-4-9/h7H,1-6H2. The largest absolute Gasteiger partial charge is 0.379 e. The zero-order valence-electron chi connectivity index (χ0n) is 6.57. The van der Waals surface area contributed by atoms with Gasteiger partial charge in [-0.3, -0.25) is 10.0 Å². The predicted molar refractivity (Wildman–Crippen MR) is 42.5 cm³/mol. The van der Waals surface area contributed by atoms with Crippen molar-refractivity contribution >= 4 is 6.34 Å². The fraction of sp³-hybridized carbons (Fsp3) is 0.857. The molecule has 0 aromatic rings. The summed E-state index contributed by atoms with van der Waals surface area (Å²) in [6, 6.07) is 0. The van der Waals surface area contributed by atoms with Gasteiger partial charge in [-0.15, -0.1) is 0 Å². The van der Waals surface area contributed by atoms with Crippen LogP contribution in [0.3, 0.4) is 0 Å². The van der Waals surface area contributed by atoms with E-state index in [4.69, 9.17) is 4.74 Å². The molecule has 0 spiro atoms. The zero-order valence-corrected chi connectivity index (χ0v) is 6.57. The van der Waals surface area contributed by atoms with Gasteiger partial charge in [-0.2, -0.15) is 0 Å². The third kappa shape index (κ3) is 1.52. The predicted octanol–water partition coefficient (Wildman–Crippen LogP) is -0.423. The number of nitrogens with zero attached hydrogens (tertiary/aromatic N) is 3. The fourth-order valence-corrected chi connectivity index (χ4v) is 1.39. The van der Waals surface area contributed by atoms with E-state index >= 15 is 0 Å². The maximum absolute atomic E-state index is 5.25. The first-order chi connectivity index (χ1) is 5.47. The molecule has 2 aliphatic rings. The fourth-order valence-electron chi connectivity index (χ4n) is 1.39. The molecule has 0 unspecified atom stereocenters. The molecule has 2 rings (SSSR count). The Labute approximate surface area is 66.4 Å². The number of hydrogen-bond acceptors (Lipinski definition) is 4. The van der Waals surface area contributed by atoms with E-state index in [1.807, 2.05) is 6.34 Å². The van der Waals surface area contributed by atoms with Crippen molar-refractivity contribution in [2.24, 2.45) is 4.99 Å². The molecule has 0 saturated carbocycles. The Kier molecular flexibility index (Phi) is 2.05. The van der Waals surface area contributed by atoms with Crippen LogP contribution in [-0.4, -0.2) is 55.7 Å². The lowest BCUT2D eigenvalue weighted by molar-refractivity contribution is -0.0427. The Bertz CT molecular complexity index is 154. The van der Waals surface area contributed by atoms with Gasteiger partial charge in [0.25, 0.3) is 0 Å². The van der Waals surface area contributed by atoms with Crippen molar-refractivity contribution in [3.8, 4) is 0 Å². The molecule has 1 saturated heterocycles. The minimum atomic E-state index is 0.852. The van der Waals surface area contributed by atoms with Gasteiger partial charge in [-0.05, 0) is 0 Å². The van der Waals surface area contributed by atoms with Crippen LogP contribution >= 0.6 is 0 Å². The van der Waals surface area contributed by atoms with E-state index in [0.717, 1.165) is 39.4 Å². The maximum Gasteiger partial charge on any atom is 0.0995 e. The van der Waals surface area contributed by atoms with E-state index in [1.165, 1.54) is 0 Å². The quantitative estimate of drug-likeness (QED) is 0.514. The highest BCUT2D eigenvalue weighted by molar-refractivity contribution is 5.56. The highest BCUT2D eigenvalue weighted by Gasteiger charge is 2.17. The van der Waals surface area contributed by atoms with Crippen LogP contribution in [-0.2, 0) is 4.74 Å². The normalized spacial score (nSPS) is 26.4. The van der Waals surface area contributed by atoms with Crippen LogP contribution in [0.25, 0.3) is 0 Å². The molecule has 0 bridgehead atoms. The van der Waals surface area contributed by atoms with Crippen LogP contribution in [0.15, 0.2) is 4.99 Å². The number of morpholine rings is 1. The smallest absolute Gasteiger partial charge is 0.0995 e. The van der Waals surface area contributed by atoms with Gasteiger partial charge < -0.3 is 4.74 Å². The molecule has 0 aromatic heterocycles.